The highest BCUT2D eigenvalue weighted by atomic mass is 32.1. The van der Waals surface area contributed by atoms with Crippen molar-refractivity contribution in [2.24, 2.45) is 0 Å². The predicted molar refractivity (Wildman–Crippen MR) is 97.5 cm³/mol. The Hall–Kier alpha value is -2.55. The van der Waals surface area contributed by atoms with Gasteiger partial charge in [-0.05, 0) is 37.1 Å². The second-order valence-electron chi connectivity index (χ2n) is 6.32. The van der Waals surface area contributed by atoms with Crippen molar-refractivity contribution in [1.29, 1.82) is 0 Å². The largest absolute Gasteiger partial charge is 0.292 e. The monoisotopic (exact) mass is 369 g/mol. The number of hydrogen-bond donors (Lipinski definition) is 2. The van der Waals surface area contributed by atoms with E-state index in [9.17, 15) is 4.79 Å². The van der Waals surface area contributed by atoms with Gasteiger partial charge in [0.05, 0.1) is 16.3 Å². The molecule has 1 aliphatic heterocycles. The molecular formula is C18H19N5O2S. The molecule has 26 heavy (non-hydrogen) atoms. The summed E-state index contributed by atoms with van der Waals surface area (Å²) in [5, 5.41) is 18.0. The average molecular weight is 369 g/mol. The summed E-state index contributed by atoms with van der Waals surface area (Å²) in [6, 6.07) is 11.7. The lowest BCUT2D eigenvalue weighted by atomic mass is 10.1. The van der Waals surface area contributed by atoms with Crippen molar-refractivity contribution in [2.75, 3.05) is 6.54 Å². The number of hydroxylamine groups is 1. The highest BCUT2D eigenvalue weighted by Gasteiger charge is 2.23. The number of nitrogens with zero attached hydrogens (tertiary/aromatic N) is 4. The van der Waals surface area contributed by atoms with Crippen LogP contribution in [0.4, 0.5) is 0 Å². The van der Waals surface area contributed by atoms with E-state index in [0.29, 0.717) is 4.88 Å². The molecule has 1 aromatic carbocycles. The minimum atomic E-state index is -0.447. The fourth-order valence-electron chi connectivity index (χ4n) is 3.12. The number of nitrogens with one attached hydrogen (secondary N) is 1. The number of benzene rings is 1. The SMILES string of the molecule is Cc1nn(-c2ccccc2)nc1CN1CCc2cc(C(=O)NO)sc2C1. The van der Waals surface area contributed by atoms with Crippen LogP contribution in [0.15, 0.2) is 36.4 Å². The summed E-state index contributed by atoms with van der Waals surface area (Å²) >= 11 is 1.43. The molecule has 0 saturated heterocycles. The van der Waals surface area contributed by atoms with Crippen LogP contribution in [-0.4, -0.2) is 37.6 Å². The summed E-state index contributed by atoms with van der Waals surface area (Å²) in [5.41, 5.74) is 5.72. The van der Waals surface area contributed by atoms with Crippen LogP contribution in [0.1, 0.15) is 31.5 Å². The van der Waals surface area contributed by atoms with Gasteiger partial charge in [0, 0.05) is 24.5 Å². The van der Waals surface area contributed by atoms with Gasteiger partial charge in [-0.15, -0.1) is 11.3 Å². The number of rotatable bonds is 4. The number of amides is 1. The highest BCUT2D eigenvalue weighted by molar-refractivity contribution is 7.14. The Kier molecular flexibility index (Phi) is 4.54. The maximum absolute atomic E-state index is 11.6. The molecule has 1 amide bonds. The third-order valence-electron chi connectivity index (χ3n) is 4.52. The minimum Gasteiger partial charge on any atom is -0.292 e. The first kappa shape index (κ1) is 16.9. The Morgan fingerprint density at radius 2 is 2.12 bits per heavy atom. The number of hydrogen-bond acceptors (Lipinski definition) is 6. The molecule has 0 atom stereocenters. The third-order valence-corrected chi connectivity index (χ3v) is 5.69. The lowest BCUT2D eigenvalue weighted by Gasteiger charge is -2.25. The maximum atomic E-state index is 11.6. The first-order valence-electron chi connectivity index (χ1n) is 8.40. The summed E-state index contributed by atoms with van der Waals surface area (Å²) in [4.78, 5) is 17.3. The summed E-state index contributed by atoms with van der Waals surface area (Å²) in [6.07, 6.45) is 0.885. The van der Waals surface area contributed by atoms with Gasteiger partial charge in [-0.1, -0.05) is 18.2 Å². The number of para-hydroxylation sites is 1. The van der Waals surface area contributed by atoms with E-state index < -0.39 is 5.91 Å². The molecular weight excluding hydrogens is 350 g/mol. The van der Waals surface area contributed by atoms with Crippen LogP contribution < -0.4 is 5.48 Å². The average Bonchev–Trinajstić information content (AvgIpc) is 3.25. The van der Waals surface area contributed by atoms with Gasteiger partial charge in [0.25, 0.3) is 5.91 Å². The first-order valence-corrected chi connectivity index (χ1v) is 9.22. The molecule has 0 bridgehead atoms. The molecule has 0 fully saturated rings. The zero-order valence-electron chi connectivity index (χ0n) is 14.3. The quantitative estimate of drug-likeness (QED) is 0.545. The number of carbonyl (C=O) groups is 1. The molecule has 2 N–H and O–H groups in total. The van der Waals surface area contributed by atoms with E-state index >= 15 is 0 Å². The van der Waals surface area contributed by atoms with Crippen LogP contribution in [0, 0.1) is 6.92 Å². The molecule has 3 aromatic rings. The number of carbonyl (C=O) groups excluding carboxylic acids is 1. The zero-order chi connectivity index (χ0) is 18.1. The fraction of sp³-hybridized carbons (Fsp3) is 0.278. The smallest absolute Gasteiger partial charge is 0.284 e. The van der Waals surface area contributed by atoms with Crippen molar-refractivity contribution >= 4 is 17.2 Å². The van der Waals surface area contributed by atoms with Gasteiger partial charge in [-0.25, -0.2) is 5.48 Å². The molecule has 0 radical (unpaired) electrons. The number of aryl methyl sites for hydroxylation is 1. The summed E-state index contributed by atoms with van der Waals surface area (Å²) in [5.74, 6) is -0.447. The van der Waals surface area contributed by atoms with E-state index in [1.165, 1.54) is 21.8 Å². The Balaban J connectivity index is 1.50. The number of aromatic nitrogens is 3. The standard InChI is InChI=1S/C18H19N5O2S/c1-12-15(20-23(19-12)14-5-3-2-4-6-14)10-22-8-7-13-9-16(18(24)21-25)26-17(13)11-22/h2-6,9,25H,7-8,10-11H2,1H3,(H,21,24). The van der Waals surface area contributed by atoms with Crippen molar-refractivity contribution in [3.63, 3.8) is 0 Å². The zero-order valence-corrected chi connectivity index (χ0v) is 15.2. The molecule has 1 aliphatic rings. The van der Waals surface area contributed by atoms with E-state index in [1.54, 1.807) is 10.3 Å². The lowest BCUT2D eigenvalue weighted by molar-refractivity contribution is 0.0711. The van der Waals surface area contributed by atoms with Crippen LogP contribution in [0.25, 0.3) is 5.69 Å². The van der Waals surface area contributed by atoms with Gasteiger partial charge >= 0.3 is 0 Å². The molecule has 0 spiro atoms. The number of fused-ring (bicyclic) bond motifs is 1. The van der Waals surface area contributed by atoms with Crippen molar-refractivity contribution in [2.45, 2.75) is 26.4 Å². The normalized spacial score (nSPS) is 14.2. The fourth-order valence-corrected chi connectivity index (χ4v) is 4.26. The molecule has 0 saturated carbocycles. The molecule has 134 valence electrons. The van der Waals surface area contributed by atoms with Gasteiger partial charge in [0.15, 0.2) is 0 Å². The Morgan fingerprint density at radius 1 is 1.31 bits per heavy atom. The molecule has 7 nitrogen and oxygen atoms in total. The minimum absolute atomic E-state index is 0.447. The molecule has 8 heteroatoms. The summed E-state index contributed by atoms with van der Waals surface area (Å²) in [7, 11) is 0. The van der Waals surface area contributed by atoms with Crippen LogP contribution in [-0.2, 0) is 19.5 Å². The van der Waals surface area contributed by atoms with Gasteiger partial charge in [0.2, 0.25) is 0 Å². The van der Waals surface area contributed by atoms with Gasteiger partial charge < -0.3 is 0 Å². The van der Waals surface area contributed by atoms with E-state index in [0.717, 1.165) is 43.1 Å². The Bertz CT molecular complexity index is 934. The topological polar surface area (TPSA) is 83.3 Å². The maximum Gasteiger partial charge on any atom is 0.284 e. The van der Waals surface area contributed by atoms with Crippen LogP contribution in [0.2, 0.25) is 0 Å². The van der Waals surface area contributed by atoms with Gasteiger partial charge in [0.1, 0.15) is 5.69 Å². The lowest BCUT2D eigenvalue weighted by Crippen LogP contribution is -2.29. The van der Waals surface area contributed by atoms with Crippen LogP contribution >= 0.6 is 11.3 Å². The molecule has 4 rings (SSSR count). The first-order chi connectivity index (χ1) is 12.6. The van der Waals surface area contributed by atoms with E-state index in [1.807, 2.05) is 43.3 Å². The van der Waals surface area contributed by atoms with E-state index in [2.05, 4.69) is 15.1 Å². The van der Waals surface area contributed by atoms with E-state index in [4.69, 9.17) is 5.21 Å². The van der Waals surface area contributed by atoms with Crippen molar-refractivity contribution in [1.82, 2.24) is 25.4 Å². The summed E-state index contributed by atoms with van der Waals surface area (Å²) in [6.45, 7) is 4.38. The van der Waals surface area contributed by atoms with Gasteiger partial charge in [-0.3, -0.25) is 14.9 Å². The summed E-state index contributed by atoms with van der Waals surface area (Å²) < 4.78 is 0. The Morgan fingerprint density at radius 3 is 2.88 bits per heavy atom. The predicted octanol–water partition coefficient (Wildman–Crippen LogP) is 2.31. The number of thiophene rings is 1. The Labute approximate surface area is 154 Å². The van der Waals surface area contributed by atoms with Crippen LogP contribution in [0.5, 0.6) is 0 Å². The molecule has 3 heterocycles. The molecule has 2 aromatic heterocycles. The van der Waals surface area contributed by atoms with Crippen molar-refractivity contribution < 1.29 is 10.0 Å². The van der Waals surface area contributed by atoms with Crippen molar-refractivity contribution in [3.05, 3.63) is 63.1 Å². The molecule has 0 aliphatic carbocycles. The third kappa shape index (κ3) is 3.26. The second-order valence-corrected chi connectivity index (χ2v) is 7.45. The molecule has 0 unspecified atom stereocenters. The second kappa shape index (κ2) is 6.99. The van der Waals surface area contributed by atoms with Crippen molar-refractivity contribution in [3.8, 4) is 5.69 Å². The van der Waals surface area contributed by atoms with Gasteiger partial charge in [-0.2, -0.15) is 15.0 Å². The van der Waals surface area contributed by atoms with Crippen LogP contribution in [0.3, 0.4) is 0 Å². The highest BCUT2D eigenvalue weighted by Crippen LogP contribution is 2.29. The van der Waals surface area contributed by atoms with E-state index in [-0.39, 0.29) is 0 Å².